The number of hydrogen-bond donors (Lipinski definition) is 6. The smallest absolute Gasteiger partial charge is 0.338 e. The van der Waals surface area contributed by atoms with Crippen LogP contribution >= 0.6 is 0 Å². The summed E-state index contributed by atoms with van der Waals surface area (Å²) in [5, 5.41) is 54.6. The first-order valence-electron chi connectivity index (χ1n) is 4.61. The van der Waals surface area contributed by atoms with Gasteiger partial charge < -0.3 is 35.4 Å². The molecule has 6 atom stereocenters. The lowest BCUT2D eigenvalue weighted by Gasteiger charge is -2.26. The number of aliphatic hydroxyl groups excluding tert-OH is 6. The summed E-state index contributed by atoms with van der Waals surface area (Å²) < 4.78 is 4.42. The van der Waals surface area contributed by atoms with Crippen LogP contribution in [-0.2, 0) is 9.53 Å². The highest BCUT2D eigenvalue weighted by Gasteiger charge is 2.48. The van der Waals surface area contributed by atoms with Crippen LogP contribution in [0.5, 0.6) is 0 Å². The van der Waals surface area contributed by atoms with Crippen LogP contribution in [0.2, 0.25) is 0 Å². The maximum atomic E-state index is 10.8. The van der Waals surface area contributed by atoms with Crippen molar-refractivity contribution in [3.63, 3.8) is 0 Å². The van der Waals surface area contributed by atoms with Crippen molar-refractivity contribution in [2.45, 2.75) is 36.6 Å². The largest absolute Gasteiger partial charge is 0.455 e. The summed E-state index contributed by atoms with van der Waals surface area (Å²) in [7, 11) is 0. The van der Waals surface area contributed by atoms with Gasteiger partial charge in [0.15, 0.2) is 12.2 Å². The zero-order chi connectivity index (χ0) is 12.5. The quantitative estimate of drug-likeness (QED) is 0.269. The van der Waals surface area contributed by atoms with Crippen molar-refractivity contribution in [3.8, 4) is 0 Å². The van der Waals surface area contributed by atoms with E-state index >= 15 is 0 Å². The van der Waals surface area contributed by atoms with Crippen molar-refractivity contribution >= 4 is 5.97 Å². The molecule has 1 rings (SSSR count). The van der Waals surface area contributed by atoms with Crippen LogP contribution in [0.25, 0.3) is 0 Å². The minimum atomic E-state index is -1.81. The summed E-state index contributed by atoms with van der Waals surface area (Å²) in [6, 6.07) is 0. The molecule has 0 aliphatic carbocycles. The van der Waals surface area contributed by atoms with Crippen LogP contribution in [0.15, 0.2) is 0 Å². The molecule has 0 aromatic heterocycles. The number of esters is 1. The molecular weight excluding hydrogens is 224 g/mol. The van der Waals surface area contributed by atoms with Gasteiger partial charge in [-0.3, -0.25) is 0 Å². The van der Waals surface area contributed by atoms with E-state index in [2.05, 4.69) is 4.74 Å². The van der Waals surface area contributed by atoms with Gasteiger partial charge in [-0.25, -0.2) is 4.79 Å². The molecule has 1 fully saturated rings. The second kappa shape index (κ2) is 5.04. The number of hydrogen-bond acceptors (Lipinski definition) is 8. The Morgan fingerprint density at radius 3 is 2.19 bits per heavy atom. The lowest BCUT2D eigenvalue weighted by molar-refractivity contribution is -0.159. The van der Waals surface area contributed by atoms with Gasteiger partial charge in [-0.1, -0.05) is 0 Å². The third-order valence-corrected chi connectivity index (χ3v) is 2.42. The molecule has 1 aliphatic heterocycles. The summed E-state index contributed by atoms with van der Waals surface area (Å²) in [5.41, 5.74) is 0. The highest BCUT2D eigenvalue weighted by Crippen LogP contribution is 2.21. The van der Waals surface area contributed by atoms with E-state index in [0.717, 1.165) is 0 Å². The van der Waals surface area contributed by atoms with E-state index in [-0.39, 0.29) is 0 Å². The van der Waals surface area contributed by atoms with Crippen LogP contribution < -0.4 is 0 Å². The first-order chi connectivity index (χ1) is 7.40. The van der Waals surface area contributed by atoms with E-state index < -0.39 is 49.2 Å². The van der Waals surface area contributed by atoms with Gasteiger partial charge in [0, 0.05) is 0 Å². The molecule has 94 valence electrons. The van der Waals surface area contributed by atoms with Crippen molar-refractivity contribution in [2.75, 3.05) is 6.61 Å². The average molecular weight is 238 g/mol. The Labute approximate surface area is 90.3 Å². The Morgan fingerprint density at radius 2 is 1.81 bits per heavy atom. The molecule has 8 nitrogen and oxygen atoms in total. The van der Waals surface area contributed by atoms with Gasteiger partial charge in [0.05, 0.1) is 6.61 Å². The van der Waals surface area contributed by atoms with Crippen molar-refractivity contribution in [1.82, 2.24) is 0 Å². The number of cyclic esters (lactones) is 1. The molecule has 0 spiro atoms. The lowest BCUT2D eigenvalue weighted by Crippen LogP contribution is -2.50. The normalized spacial score (nSPS) is 35.6. The van der Waals surface area contributed by atoms with E-state index in [1.54, 1.807) is 0 Å². The van der Waals surface area contributed by atoms with Crippen molar-refractivity contribution in [1.29, 1.82) is 0 Å². The highest BCUT2D eigenvalue weighted by atomic mass is 16.6. The molecule has 0 saturated carbocycles. The van der Waals surface area contributed by atoms with E-state index in [9.17, 15) is 20.1 Å². The monoisotopic (exact) mass is 238 g/mol. The van der Waals surface area contributed by atoms with Gasteiger partial charge in [0.25, 0.3) is 0 Å². The second-order valence-electron chi connectivity index (χ2n) is 3.57. The summed E-state index contributed by atoms with van der Waals surface area (Å²) in [6.07, 6.45) is -10.3. The maximum absolute atomic E-state index is 10.8. The SMILES string of the molecule is O=C1O[C@H]([C@@H](O)[C@H](O)[C@@H](O)CO)[C@H](O)[C@@H]1O. The Bertz CT molecular complexity index is 256. The predicted molar refractivity (Wildman–Crippen MR) is 47.0 cm³/mol. The molecule has 1 aliphatic rings. The van der Waals surface area contributed by atoms with E-state index in [1.165, 1.54) is 0 Å². The summed E-state index contributed by atoms with van der Waals surface area (Å²) >= 11 is 0. The van der Waals surface area contributed by atoms with Crippen LogP contribution in [-0.4, -0.2) is 79.8 Å². The fourth-order valence-electron chi connectivity index (χ4n) is 1.39. The number of carbonyl (C=O) groups excluding carboxylic acids is 1. The Hall–Kier alpha value is -0.770. The van der Waals surface area contributed by atoms with Gasteiger partial charge in [0.1, 0.15) is 24.4 Å². The van der Waals surface area contributed by atoms with Gasteiger partial charge in [-0.05, 0) is 0 Å². The topological polar surface area (TPSA) is 148 Å². The van der Waals surface area contributed by atoms with Crippen molar-refractivity contribution < 1.29 is 40.2 Å². The van der Waals surface area contributed by atoms with E-state index in [4.69, 9.17) is 15.3 Å². The van der Waals surface area contributed by atoms with Crippen molar-refractivity contribution in [2.24, 2.45) is 0 Å². The molecule has 0 aromatic rings. The van der Waals surface area contributed by atoms with Crippen LogP contribution in [0, 0.1) is 0 Å². The summed E-state index contributed by atoms with van der Waals surface area (Å²) in [4.78, 5) is 10.8. The minimum Gasteiger partial charge on any atom is -0.455 e. The summed E-state index contributed by atoms with van der Waals surface area (Å²) in [6.45, 7) is -0.808. The average Bonchev–Trinajstić information content (AvgIpc) is 2.54. The van der Waals surface area contributed by atoms with E-state index in [0.29, 0.717) is 0 Å². The maximum Gasteiger partial charge on any atom is 0.338 e. The third-order valence-electron chi connectivity index (χ3n) is 2.42. The zero-order valence-electron chi connectivity index (χ0n) is 8.17. The number of rotatable bonds is 4. The molecule has 16 heavy (non-hydrogen) atoms. The predicted octanol–water partition coefficient (Wildman–Crippen LogP) is -4.29. The molecule has 0 aromatic carbocycles. The molecule has 6 N–H and O–H groups in total. The molecule has 8 heteroatoms. The summed E-state index contributed by atoms with van der Waals surface area (Å²) in [5.74, 6) is -1.12. The number of ether oxygens (including phenoxy) is 1. The fraction of sp³-hybridized carbons (Fsp3) is 0.875. The molecule has 0 unspecified atom stereocenters. The highest BCUT2D eigenvalue weighted by molar-refractivity contribution is 5.77. The molecular formula is C8H14O8. The molecule has 1 heterocycles. The first-order valence-corrected chi connectivity index (χ1v) is 4.61. The molecule has 0 amide bonds. The van der Waals surface area contributed by atoms with Crippen LogP contribution in [0.3, 0.4) is 0 Å². The first kappa shape index (κ1) is 13.3. The Morgan fingerprint density at radius 1 is 1.25 bits per heavy atom. The fourth-order valence-corrected chi connectivity index (χ4v) is 1.39. The third kappa shape index (κ3) is 2.32. The van der Waals surface area contributed by atoms with Gasteiger partial charge in [-0.15, -0.1) is 0 Å². The minimum absolute atomic E-state index is 0.808. The second-order valence-corrected chi connectivity index (χ2v) is 3.57. The Balaban J connectivity index is 2.68. The van der Waals surface area contributed by atoms with Gasteiger partial charge >= 0.3 is 5.97 Å². The number of carbonyl (C=O) groups is 1. The van der Waals surface area contributed by atoms with Crippen LogP contribution in [0.4, 0.5) is 0 Å². The molecule has 0 bridgehead atoms. The zero-order valence-corrected chi connectivity index (χ0v) is 8.17. The molecule has 0 radical (unpaired) electrons. The number of aliphatic hydroxyl groups is 6. The standard InChI is InChI=1S/C8H14O8/c9-1-2(10)3(11)4(12)7-5(13)6(14)8(15)16-7/h2-7,9-14H,1H2/t2-,3+,4-,5+,6-,7+/m0/s1. The van der Waals surface area contributed by atoms with E-state index in [1.807, 2.05) is 0 Å². The van der Waals surface area contributed by atoms with Crippen molar-refractivity contribution in [3.05, 3.63) is 0 Å². The lowest BCUT2D eigenvalue weighted by atomic mass is 9.99. The van der Waals surface area contributed by atoms with Gasteiger partial charge in [0.2, 0.25) is 0 Å². The van der Waals surface area contributed by atoms with Crippen LogP contribution in [0.1, 0.15) is 0 Å². The Kier molecular flexibility index (Phi) is 4.19. The van der Waals surface area contributed by atoms with Gasteiger partial charge in [-0.2, -0.15) is 0 Å². The molecule has 1 saturated heterocycles.